The molecule has 0 aromatic carbocycles. The molecule has 3 N–H and O–H groups in total. The molecule has 1 amide bonds. The van der Waals surface area contributed by atoms with Gasteiger partial charge in [-0.3, -0.25) is 14.9 Å². The highest BCUT2D eigenvalue weighted by atomic mass is 32.2. The number of aliphatic carboxylic acids is 1. The van der Waals surface area contributed by atoms with Crippen molar-refractivity contribution in [2.24, 2.45) is 0 Å². The fourth-order valence-corrected chi connectivity index (χ4v) is 2.26. The normalized spacial score (nSPS) is 27.2. The van der Waals surface area contributed by atoms with E-state index in [0.717, 1.165) is 0 Å². The Labute approximate surface area is 80.3 Å². The molecule has 6 heteroatoms. The molecular weight excluding hydrogens is 192 g/mol. The lowest BCUT2D eigenvalue weighted by molar-refractivity contribution is -0.138. The molecule has 0 saturated carbocycles. The minimum absolute atomic E-state index is 0.0685. The Morgan fingerprint density at radius 1 is 1.69 bits per heavy atom. The van der Waals surface area contributed by atoms with Crippen LogP contribution in [0.5, 0.6) is 0 Å². The van der Waals surface area contributed by atoms with Crippen LogP contribution in [0.15, 0.2) is 0 Å². The van der Waals surface area contributed by atoms with Crippen molar-refractivity contribution in [2.45, 2.75) is 17.8 Å². The number of nitrogens with one attached hydrogen (secondary N) is 2. The molecule has 5 nitrogen and oxygen atoms in total. The van der Waals surface area contributed by atoms with Gasteiger partial charge in [-0.1, -0.05) is 0 Å². The van der Waals surface area contributed by atoms with E-state index >= 15 is 0 Å². The highest BCUT2D eigenvalue weighted by molar-refractivity contribution is 8.00. The van der Waals surface area contributed by atoms with Crippen molar-refractivity contribution in [3.63, 3.8) is 0 Å². The van der Waals surface area contributed by atoms with Crippen LogP contribution in [0, 0.1) is 0 Å². The third-order valence-electron chi connectivity index (χ3n) is 1.80. The summed E-state index contributed by atoms with van der Waals surface area (Å²) in [6.45, 7) is 0. The third kappa shape index (κ3) is 2.89. The maximum absolute atomic E-state index is 10.9. The van der Waals surface area contributed by atoms with E-state index in [-0.39, 0.29) is 11.3 Å². The fraction of sp³-hybridized carbons (Fsp3) is 0.714. The number of carbonyl (C=O) groups is 2. The molecule has 1 heterocycles. The Morgan fingerprint density at radius 2 is 2.38 bits per heavy atom. The van der Waals surface area contributed by atoms with Crippen molar-refractivity contribution in [2.75, 3.05) is 12.8 Å². The summed E-state index contributed by atoms with van der Waals surface area (Å²) in [5.74, 6) is -0.403. The summed E-state index contributed by atoms with van der Waals surface area (Å²) in [5.41, 5.74) is 0. The van der Waals surface area contributed by atoms with Gasteiger partial charge in [0.05, 0.1) is 11.8 Å². The molecule has 0 aromatic rings. The van der Waals surface area contributed by atoms with Crippen LogP contribution in [-0.2, 0) is 9.59 Å². The van der Waals surface area contributed by atoms with Crippen LogP contribution in [0.1, 0.15) is 6.42 Å². The van der Waals surface area contributed by atoms with E-state index in [1.165, 1.54) is 11.8 Å². The average Bonchev–Trinajstić information content (AvgIpc) is 2.52. The second-order valence-electron chi connectivity index (χ2n) is 2.76. The highest BCUT2D eigenvalue weighted by Gasteiger charge is 2.30. The van der Waals surface area contributed by atoms with Crippen molar-refractivity contribution < 1.29 is 14.7 Å². The van der Waals surface area contributed by atoms with E-state index in [9.17, 15) is 9.59 Å². The van der Waals surface area contributed by atoms with E-state index < -0.39 is 12.0 Å². The molecule has 0 radical (unpaired) electrons. The van der Waals surface area contributed by atoms with Crippen LogP contribution in [0.2, 0.25) is 0 Å². The molecule has 1 aliphatic heterocycles. The number of carboxylic acids is 1. The quantitative estimate of drug-likeness (QED) is 0.563. The molecule has 1 saturated heterocycles. The largest absolute Gasteiger partial charge is 0.480 e. The summed E-state index contributed by atoms with van der Waals surface area (Å²) < 4.78 is 0. The minimum atomic E-state index is -0.855. The number of hydrogen-bond donors (Lipinski definition) is 3. The number of carbonyl (C=O) groups excluding carboxylic acids is 1. The molecule has 0 aliphatic carbocycles. The van der Waals surface area contributed by atoms with Crippen LogP contribution in [0.4, 0.5) is 0 Å². The molecule has 1 unspecified atom stereocenters. The number of amides is 1. The van der Waals surface area contributed by atoms with Gasteiger partial charge >= 0.3 is 5.97 Å². The average molecular weight is 204 g/mol. The Kier molecular flexibility index (Phi) is 3.56. The highest BCUT2D eigenvalue weighted by Crippen LogP contribution is 2.21. The molecule has 2 atom stereocenters. The van der Waals surface area contributed by atoms with E-state index in [0.29, 0.717) is 12.2 Å². The first-order valence-corrected chi connectivity index (χ1v) is 4.99. The van der Waals surface area contributed by atoms with Gasteiger partial charge in [0.15, 0.2) is 0 Å². The number of rotatable bonds is 3. The van der Waals surface area contributed by atoms with Crippen LogP contribution < -0.4 is 10.6 Å². The molecule has 1 aliphatic rings. The van der Waals surface area contributed by atoms with Crippen molar-refractivity contribution in [3.8, 4) is 0 Å². The van der Waals surface area contributed by atoms with Crippen LogP contribution in [0.3, 0.4) is 0 Å². The second kappa shape index (κ2) is 4.48. The smallest absolute Gasteiger partial charge is 0.321 e. The van der Waals surface area contributed by atoms with Gasteiger partial charge in [-0.05, 0) is 0 Å². The Bertz CT molecular complexity index is 222. The number of hydrogen-bond acceptors (Lipinski definition) is 4. The summed E-state index contributed by atoms with van der Waals surface area (Å²) in [5, 5.41) is 13.9. The Morgan fingerprint density at radius 3 is 2.85 bits per heavy atom. The molecule has 1 rings (SSSR count). The lowest BCUT2D eigenvalue weighted by Gasteiger charge is -2.08. The monoisotopic (exact) mass is 204 g/mol. The molecule has 13 heavy (non-hydrogen) atoms. The molecule has 1 fully saturated rings. The zero-order valence-corrected chi connectivity index (χ0v) is 8.06. The van der Waals surface area contributed by atoms with Gasteiger partial charge in [-0.2, -0.15) is 0 Å². The predicted molar refractivity (Wildman–Crippen MR) is 49.5 cm³/mol. The van der Waals surface area contributed by atoms with E-state index in [1.54, 1.807) is 7.05 Å². The minimum Gasteiger partial charge on any atom is -0.480 e. The molecule has 74 valence electrons. The zero-order valence-electron chi connectivity index (χ0n) is 7.24. The SMILES string of the molecule is CNC(=O)CC1N[C@H](C(=O)O)CS1. The van der Waals surface area contributed by atoms with Gasteiger partial charge in [-0.15, -0.1) is 11.8 Å². The lowest BCUT2D eigenvalue weighted by Crippen LogP contribution is -2.38. The molecular formula is C7H12N2O3S. The Hall–Kier alpha value is -0.750. The second-order valence-corrected chi connectivity index (χ2v) is 3.99. The predicted octanol–water partition coefficient (Wildman–Crippen LogP) is -0.762. The summed E-state index contributed by atoms with van der Waals surface area (Å²) in [7, 11) is 1.57. The van der Waals surface area contributed by atoms with E-state index in [4.69, 9.17) is 5.11 Å². The Balaban J connectivity index is 2.33. The van der Waals surface area contributed by atoms with Crippen LogP contribution in [-0.4, -0.2) is 41.2 Å². The summed E-state index contributed by atoms with van der Waals surface area (Å²) in [6, 6.07) is -0.514. The van der Waals surface area contributed by atoms with E-state index in [1.807, 2.05) is 0 Å². The summed E-state index contributed by atoms with van der Waals surface area (Å²) >= 11 is 1.47. The molecule has 0 aromatic heterocycles. The van der Waals surface area contributed by atoms with Gasteiger partial charge < -0.3 is 10.4 Å². The standard InChI is InChI=1S/C7H12N2O3S/c1-8-5(10)2-6-9-4(3-13-6)7(11)12/h4,6,9H,2-3H2,1H3,(H,8,10)(H,11,12)/t4-,6?/m0/s1. The summed E-state index contributed by atoms with van der Waals surface area (Å²) in [4.78, 5) is 21.5. The van der Waals surface area contributed by atoms with Crippen LogP contribution >= 0.6 is 11.8 Å². The number of carboxylic acid groups (broad SMARTS) is 1. The third-order valence-corrected chi connectivity index (χ3v) is 3.03. The topological polar surface area (TPSA) is 78.4 Å². The zero-order chi connectivity index (χ0) is 9.84. The first kappa shape index (κ1) is 10.3. The van der Waals surface area contributed by atoms with Crippen molar-refractivity contribution in [3.05, 3.63) is 0 Å². The lowest BCUT2D eigenvalue weighted by atomic mass is 10.3. The van der Waals surface area contributed by atoms with Gasteiger partial charge in [0.1, 0.15) is 6.04 Å². The molecule has 0 bridgehead atoms. The van der Waals surface area contributed by atoms with Gasteiger partial charge in [0.2, 0.25) is 5.91 Å². The van der Waals surface area contributed by atoms with Gasteiger partial charge in [0, 0.05) is 12.8 Å². The first-order chi connectivity index (χ1) is 6.13. The summed E-state index contributed by atoms with van der Waals surface area (Å²) in [6.07, 6.45) is 0.324. The van der Waals surface area contributed by atoms with Crippen molar-refractivity contribution in [1.29, 1.82) is 0 Å². The van der Waals surface area contributed by atoms with Gasteiger partial charge in [0.25, 0.3) is 0 Å². The number of thioether (sulfide) groups is 1. The molecule has 0 spiro atoms. The van der Waals surface area contributed by atoms with Crippen LogP contribution in [0.25, 0.3) is 0 Å². The van der Waals surface area contributed by atoms with Gasteiger partial charge in [-0.25, -0.2) is 0 Å². The van der Waals surface area contributed by atoms with Crippen molar-refractivity contribution >= 4 is 23.6 Å². The fourth-order valence-electron chi connectivity index (χ4n) is 1.06. The maximum Gasteiger partial charge on any atom is 0.321 e. The van der Waals surface area contributed by atoms with Crippen molar-refractivity contribution in [1.82, 2.24) is 10.6 Å². The maximum atomic E-state index is 10.9. The van der Waals surface area contributed by atoms with E-state index in [2.05, 4.69) is 10.6 Å². The first-order valence-electron chi connectivity index (χ1n) is 3.94.